The van der Waals surface area contributed by atoms with Crippen LogP contribution in [0.5, 0.6) is 0 Å². The molecule has 1 N–H and O–H groups in total. The average Bonchev–Trinajstić information content (AvgIpc) is 2.77. The summed E-state index contributed by atoms with van der Waals surface area (Å²) in [5, 5.41) is 5.83. The highest BCUT2D eigenvalue weighted by molar-refractivity contribution is 6.08. The van der Waals surface area contributed by atoms with Crippen molar-refractivity contribution in [2.24, 2.45) is 0 Å². The summed E-state index contributed by atoms with van der Waals surface area (Å²) < 4.78 is 5.52. The fourth-order valence-electron chi connectivity index (χ4n) is 4.62. The van der Waals surface area contributed by atoms with Gasteiger partial charge in [0.2, 0.25) is 0 Å². The minimum atomic E-state index is -0.665. The summed E-state index contributed by atoms with van der Waals surface area (Å²) in [6.45, 7) is 5.71. The minimum absolute atomic E-state index is 0.259. The molecule has 3 aromatic carbocycles. The van der Waals surface area contributed by atoms with Gasteiger partial charge in [-0.1, -0.05) is 66.7 Å². The normalized spacial score (nSPS) is 18.2. The Labute approximate surface area is 187 Å². The molecule has 1 atom stereocenters. The van der Waals surface area contributed by atoms with Gasteiger partial charge in [0.25, 0.3) is 5.91 Å². The van der Waals surface area contributed by atoms with Crippen LogP contribution < -0.4 is 5.32 Å². The van der Waals surface area contributed by atoms with Crippen LogP contribution in [-0.4, -0.2) is 29.0 Å². The monoisotopic (exact) mass is 426 g/mol. The highest BCUT2D eigenvalue weighted by Gasteiger charge is 2.41. The Hall–Kier alpha value is -3.60. The van der Waals surface area contributed by atoms with E-state index in [9.17, 15) is 9.59 Å². The topological polar surface area (TPSA) is 58.6 Å². The van der Waals surface area contributed by atoms with E-state index in [1.165, 1.54) is 4.90 Å². The van der Waals surface area contributed by atoms with Crippen molar-refractivity contribution in [3.05, 3.63) is 89.1 Å². The second-order valence-corrected chi connectivity index (χ2v) is 9.30. The summed E-state index contributed by atoms with van der Waals surface area (Å²) in [6, 6.07) is 22.5. The Balaban J connectivity index is 1.65. The van der Waals surface area contributed by atoms with Gasteiger partial charge in [0.15, 0.2) is 0 Å². The third-order valence-corrected chi connectivity index (χ3v) is 5.97. The molecule has 162 valence electrons. The first-order chi connectivity index (χ1) is 15.3. The molecule has 1 unspecified atom stereocenters. The minimum Gasteiger partial charge on any atom is -0.443 e. The third-order valence-electron chi connectivity index (χ3n) is 5.97. The fraction of sp³-hybridized carbons (Fsp3) is 0.259. The Morgan fingerprint density at radius 3 is 2.47 bits per heavy atom. The van der Waals surface area contributed by atoms with Gasteiger partial charge in [-0.3, -0.25) is 4.79 Å². The quantitative estimate of drug-likeness (QED) is 0.533. The molecule has 0 spiro atoms. The standard InChI is InChI=1S/C27H26N2O3/c1-27(2,3)32-26(31)29-16-15-21-23(25(29)30)22(18-10-5-4-6-11-18)20-14-13-17-9-7-8-12-19(17)24(20)28-21/h4-14,22,28H,15-16H2,1-3H3. The Morgan fingerprint density at radius 2 is 1.72 bits per heavy atom. The van der Waals surface area contributed by atoms with Crippen molar-refractivity contribution in [3.8, 4) is 0 Å². The molecule has 3 aromatic rings. The smallest absolute Gasteiger partial charge is 0.417 e. The molecule has 0 bridgehead atoms. The van der Waals surface area contributed by atoms with E-state index in [4.69, 9.17) is 4.74 Å². The Kier molecular flexibility index (Phi) is 4.77. The van der Waals surface area contributed by atoms with E-state index >= 15 is 0 Å². The number of nitrogens with zero attached hydrogens (tertiary/aromatic N) is 1. The molecule has 5 nitrogen and oxygen atoms in total. The van der Waals surface area contributed by atoms with Crippen LogP contribution in [0, 0.1) is 0 Å². The third kappa shape index (κ3) is 3.44. The van der Waals surface area contributed by atoms with Crippen LogP contribution in [-0.2, 0) is 9.53 Å². The van der Waals surface area contributed by atoms with E-state index in [0.29, 0.717) is 18.5 Å². The number of hydrogen-bond donors (Lipinski definition) is 1. The summed E-state index contributed by atoms with van der Waals surface area (Å²) in [5.41, 5.74) is 3.93. The summed E-state index contributed by atoms with van der Waals surface area (Å²) in [4.78, 5) is 27.7. The van der Waals surface area contributed by atoms with Gasteiger partial charge in [0.1, 0.15) is 5.60 Å². The van der Waals surface area contributed by atoms with Crippen LogP contribution in [0.25, 0.3) is 10.8 Å². The molecular formula is C27H26N2O3. The van der Waals surface area contributed by atoms with E-state index in [1.54, 1.807) is 20.8 Å². The highest BCUT2D eigenvalue weighted by Crippen LogP contribution is 2.47. The fourth-order valence-corrected chi connectivity index (χ4v) is 4.62. The summed E-state index contributed by atoms with van der Waals surface area (Å²) in [7, 11) is 0. The molecule has 32 heavy (non-hydrogen) atoms. The number of fused-ring (bicyclic) bond motifs is 3. The molecule has 5 heteroatoms. The van der Waals surface area contributed by atoms with Gasteiger partial charge in [0.05, 0.1) is 5.69 Å². The molecule has 0 fully saturated rings. The maximum atomic E-state index is 13.7. The van der Waals surface area contributed by atoms with Gasteiger partial charge >= 0.3 is 6.09 Å². The number of imide groups is 1. The zero-order chi connectivity index (χ0) is 22.5. The number of benzene rings is 3. The SMILES string of the molecule is CC(C)(C)OC(=O)N1CCC2=C(C1=O)C(c1ccccc1)c1ccc3ccccc3c1N2. The van der Waals surface area contributed by atoms with Gasteiger partial charge in [-0.2, -0.15) is 0 Å². The first kappa shape index (κ1) is 20.3. The van der Waals surface area contributed by atoms with Crippen LogP contribution in [0.4, 0.5) is 10.5 Å². The number of ether oxygens (including phenoxy) is 1. The van der Waals surface area contributed by atoms with Crippen LogP contribution in [0.1, 0.15) is 44.2 Å². The Bertz CT molecular complexity index is 1250. The first-order valence-electron chi connectivity index (χ1n) is 10.9. The second kappa shape index (κ2) is 7.52. The predicted molar refractivity (Wildman–Crippen MR) is 125 cm³/mol. The van der Waals surface area contributed by atoms with Gasteiger partial charge in [-0.05, 0) is 37.3 Å². The highest BCUT2D eigenvalue weighted by atomic mass is 16.6. The van der Waals surface area contributed by atoms with Crippen LogP contribution >= 0.6 is 0 Å². The lowest BCUT2D eigenvalue weighted by atomic mass is 9.77. The number of amides is 2. The lowest BCUT2D eigenvalue weighted by molar-refractivity contribution is -0.127. The van der Waals surface area contributed by atoms with Gasteiger partial charge in [0, 0.05) is 35.5 Å². The predicted octanol–water partition coefficient (Wildman–Crippen LogP) is 5.82. The number of carbonyl (C=O) groups excluding carboxylic acids is 2. The van der Waals surface area contributed by atoms with Crippen molar-refractivity contribution in [1.82, 2.24) is 4.90 Å². The summed E-state index contributed by atoms with van der Waals surface area (Å²) in [6.07, 6.45) is -0.0306. The molecule has 2 aliphatic heterocycles. The number of rotatable bonds is 1. The number of hydrogen-bond acceptors (Lipinski definition) is 4. The van der Waals surface area contributed by atoms with Crippen molar-refractivity contribution in [2.45, 2.75) is 38.7 Å². The van der Waals surface area contributed by atoms with Gasteiger partial charge in [-0.25, -0.2) is 9.69 Å². The van der Waals surface area contributed by atoms with Crippen molar-refractivity contribution in [2.75, 3.05) is 11.9 Å². The number of anilines is 1. The molecular weight excluding hydrogens is 400 g/mol. The van der Waals surface area contributed by atoms with E-state index in [2.05, 4.69) is 29.6 Å². The van der Waals surface area contributed by atoms with Gasteiger partial charge < -0.3 is 10.1 Å². The summed E-state index contributed by atoms with van der Waals surface area (Å²) in [5.74, 6) is -0.551. The maximum absolute atomic E-state index is 13.7. The number of carbonyl (C=O) groups is 2. The van der Waals surface area contributed by atoms with Crippen molar-refractivity contribution in [1.29, 1.82) is 0 Å². The molecule has 0 aromatic heterocycles. The van der Waals surface area contributed by atoms with Crippen LogP contribution in [0.15, 0.2) is 78.0 Å². The molecule has 0 aliphatic carbocycles. The molecule has 2 heterocycles. The molecule has 0 saturated heterocycles. The molecule has 2 amide bonds. The second-order valence-electron chi connectivity index (χ2n) is 9.30. The van der Waals surface area contributed by atoms with E-state index < -0.39 is 11.7 Å². The lowest BCUT2D eigenvalue weighted by Crippen LogP contribution is -2.47. The van der Waals surface area contributed by atoms with E-state index in [0.717, 1.165) is 33.3 Å². The zero-order valence-electron chi connectivity index (χ0n) is 18.5. The Morgan fingerprint density at radius 1 is 1.00 bits per heavy atom. The number of nitrogens with one attached hydrogen (secondary N) is 1. The first-order valence-corrected chi connectivity index (χ1v) is 10.9. The molecule has 0 radical (unpaired) electrons. The molecule has 0 saturated carbocycles. The van der Waals surface area contributed by atoms with Gasteiger partial charge in [-0.15, -0.1) is 0 Å². The van der Waals surface area contributed by atoms with Crippen LogP contribution in [0.3, 0.4) is 0 Å². The van der Waals surface area contributed by atoms with Crippen molar-refractivity contribution in [3.63, 3.8) is 0 Å². The van der Waals surface area contributed by atoms with Crippen LogP contribution in [0.2, 0.25) is 0 Å². The molecule has 5 rings (SSSR count). The average molecular weight is 427 g/mol. The van der Waals surface area contributed by atoms with Crippen molar-refractivity contribution >= 4 is 28.5 Å². The summed E-state index contributed by atoms with van der Waals surface area (Å²) >= 11 is 0. The lowest BCUT2D eigenvalue weighted by Gasteiger charge is -2.38. The molecule has 2 aliphatic rings. The van der Waals surface area contributed by atoms with E-state index in [-0.39, 0.29) is 11.8 Å². The van der Waals surface area contributed by atoms with Crippen molar-refractivity contribution < 1.29 is 14.3 Å². The maximum Gasteiger partial charge on any atom is 0.417 e. The largest absolute Gasteiger partial charge is 0.443 e. The zero-order valence-corrected chi connectivity index (χ0v) is 18.5. The van der Waals surface area contributed by atoms with E-state index in [1.807, 2.05) is 42.5 Å².